The number of para-hydroxylation sites is 1. The highest BCUT2D eigenvalue weighted by atomic mass is 16.5. The highest BCUT2D eigenvalue weighted by Gasteiger charge is 2.20. The summed E-state index contributed by atoms with van der Waals surface area (Å²) in [4.78, 5) is 17.2. The van der Waals surface area contributed by atoms with Crippen molar-refractivity contribution in [1.82, 2.24) is 4.90 Å². The van der Waals surface area contributed by atoms with Gasteiger partial charge in [-0.25, -0.2) is 4.79 Å². The predicted octanol–water partition coefficient (Wildman–Crippen LogP) is 4.18. The maximum absolute atomic E-state index is 12.2. The molecular formula is C26H30N2O3. The molecule has 1 saturated heterocycles. The fourth-order valence-corrected chi connectivity index (χ4v) is 4.96. The van der Waals surface area contributed by atoms with E-state index >= 15 is 0 Å². The van der Waals surface area contributed by atoms with Gasteiger partial charge in [-0.2, -0.15) is 0 Å². The Morgan fingerprint density at radius 1 is 1.00 bits per heavy atom. The van der Waals surface area contributed by atoms with E-state index in [1.807, 2.05) is 18.2 Å². The van der Waals surface area contributed by atoms with Crippen molar-refractivity contribution in [3.63, 3.8) is 0 Å². The van der Waals surface area contributed by atoms with Gasteiger partial charge in [-0.3, -0.25) is 4.90 Å². The quantitative estimate of drug-likeness (QED) is 0.444. The van der Waals surface area contributed by atoms with E-state index in [0.29, 0.717) is 12.2 Å². The zero-order chi connectivity index (χ0) is 21.2. The van der Waals surface area contributed by atoms with Crippen molar-refractivity contribution in [2.45, 2.75) is 32.6 Å². The first-order chi connectivity index (χ1) is 15.2. The minimum absolute atomic E-state index is 0.179. The van der Waals surface area contributed by atoms with E-state index in [0.717, 1.165) is 75.1 Å². The Balaban J connectivity index is 1.11. The molecule has 0 amide bonds. The van der Waals surface area contributed by atoms with Crippen LogP contribution in [-0.2, 0) is 12.8 Å². The van der Waals surface area contributed by atoms with E-state index in [-0.39, 0.29) is 5.63 Å². The molecule has 0 unspecified atom stereocenters. The van der Waals surface area contributed by atoms with Crippen molar-refractivity contribution in [2.24, 2.45) is 0 Å². The van der Waals surface area contributed by atoms with Gasteiger partial charge in [0.05, 0.1) is 6.61 Å². The summed E-state index contributed by atoms with van der Waals surface area (Å²) >= 11 is 0. The molecule has 31 heavy (non-hydrogen) atoms. The average molecular weight is 419 g/mol. The van der Waals surface area contributed by atoms with Crippen LogP contribution in [0.25, 0.3) is 11.0 Å². The van der Waals surface area contributed by atoms with Gasteiger partial charge in [0.25, 0.3) is 0 Å². The van der Waals surface area contributed by atoms with Crippen LogP contribution < -0.4 is 15.3 Å². The van der Waals surface area contributed by atoms with Crippen LogP contribution in [0.3, 0.4) is 0 Å². The van der Waals surface area contributed by atoms with Gasteiger partial charge in [0, 0.05) is 55.4 Å². The molecule has 1 aromatic heterocycles. The smallest absolute Gasteiger partial charge is 0.339 e. The van der Waals surface area contributed by atoms with Gasteiger partial charge in [-0.05, 0) is 61.9 Å². The Kier molecular flexibility index (Phi) is 5.68. The van der Waals surface area contributed by atoms with Crippen LogP contribution in [0.2, 0.25) is 0 Å². The monoisotopic (exact) mass is 418 g/mol. The number of ether oxygens (including phenoxy) is 1. The van der Waals surface area contributed by atoms with Crippen LogP contribution in [0.1, 0.15) is 29.5 Å². The number of nitrogens with zero attached hydrogens (tertiary/aromatic N) is 2. The molecule has 0 saturated carbocycles. The van der Waals surface area contributed by atoms with Gasteiger partial charge in [0.15, 0.2) is 0 Å². The SMILES string of the molecule is Cc1ccccc1N1CCN(CCCOc2ccc3c4c(c(=O)oc3c2)CCC4)CC1. The summed E-state index contributed by atoms with van der Waals surface area (Å²) in [6.07, 6.45) is 3.83. The number of hydrogen-bond acceptors (Lipinski definition) is 5. The Labute approximate surface area is 183 Å². The third kappa shape index (κ3) is 4.19. The van der Waals surface area contributed by atoms with Crippen LogP contribution >= 0.6 is 0 Å². The predicted molar refractivity (Wildman–Crippen MR) is 124 cm³/mol. The van der Waals surface area contributed by atoms with Gasteiger partial charge < -0.3 is 14.1 Å². The topological polar surface area (TPSA) is 45.9 Å². The number of aryl methyl sites for hydroxylation is 2. The van der Waals surface area contributed by atoms with Crippen molar-refractivity contribution in [3.05, 3.63) is 69.6 Å². The summed E-state index contributed by atoms with van der Waals surface area (Å²) in [6.45, 7) is 8.20. The molecule has 5 heteroatoms. The lowest BCUT2D eigenvalue weighted by molar-refractivity contribution is 0.224. The number of anilines is 1. The minimum Gasteiger partial charge on any atom is -0.493 e. The number of rotatable bonds is 6. The summed E-state index contributed by atoms with van der Waals surface area (Å²) in [5.74, 6) is 0.776. The maximum Gasteiger partial charge on any atom is 0.339 e. The largest absolute Gasteiger partial charge is 0.493 e. The summed E-state index contributed by atoms with van der Waals surface area (Å²) in [5, 5.41) is 1.06. The number of hydrogen-bond donors (Lipinski definition) is 0. The van der Waals surface area contributed by atoms with Gasteiger partial charge in [-0.1, -0.05) is 18.2 Å². The summed E-state index contributed by atoms with van der Waals surface area (Å²) < 4.78 is 11.5. The molecule has 0 N–H and O–H groups in total. The molecule has 1 aliphatic carbocycles. The zero-order valence-electron chi connectivity index (χ0n) is 18.2. The summed E-state index contributed by atoms with van der Waals surface area (Å²) in [6, 6.07) is 14.5. The molecule has 2 heterocycles. The van der Waals surface area contributed by atoms with Gasteiger partial charge in [0.1, 0.15) is 11.3 Å². The van der Waals surface area contributed by atoms with Gasteiger partial charge in [-0.15, -0.1) is 0 Å². The normalized spacial score (nSPS) is 16.6. The lowest BCUT2D eigenvalue weighted by Gasteiger charge is -2.36. The Hall–Kier alpha value is -2.79. The highest BCUT2D eigenvalue weighted by molar-refractivity contribution is 5.83. The molecule has 2 aliphatic rings. The van der Waals surface area contributed by atoms with Crippen molar-refractivity contribution < 1.29 is 9.15 Å². The van der Waals surface area contributed by atoms with E-state index in [1.54, 1.807) is 0 Å². The first kappa shape index (κ1) is 20.1. The molecule has 3 aromatic rings. The van der Waals surface area contributed by atoms with Gasteiger partial charge in [0.2, 0.25) is 0 Å². The van der Waals surface area contributed by atoms with E-state index in [2.05, 4.69) is 41.0 Å². The lowest BCUT2D eigenvalue weighted by Crippen LogP contribution is -2.47. The van der Waals surface area contributed by atoms with E-state index in [4.69, 9.17) is 9.15 Å². The molecule has 0 bridgehead atoms. The molecule has 0 spiro atoms. The maximum atomic E-state index is 12.2. The third-order valence-electron chi connectivity index (χ3n) is 6.66. The van der Waals surface area contributed by atoms with Crippen LogP contribution in [0.5, 0.6) is 5.75 Å². The molecule has 0 atom stereocenters. The molecule has 1 aliphatic heterocycles. The second kappa shape index (κ2) is 8.75. The lowest BCUT2D eigenvalue weighted by atomic mass is 10.1. The molecule has 162 valence electrons. The minimum atomic E-state index is -0.179. The standard InChI is InChI=1S/C26H30N2O3/c1-19-6-2-3-9-24(19)28-15-13-27(14-16-28)12-5-17-30-20-10-11-22-21-7-4-8-23(21)26(29)31-25(22)18-20/h2-3,6,9-11,18H,4-5,7-8,12-17H2,1H3. The third-order valence-corrected chi connectivity index (χ3v) is 6.66. The first-order valence-corrected chi connectivity index (χ1v) is 11.4. The Bertz CT molecular complexity index is 1130. The zero-order valence-corrected chi connectivity index (χ0v) is 18.2. The van der Waals surface area contributed by atoms with Crippen molar-refractivity contribution in [3.8, 4) is 5.75 Å². The Morgan fingerprint density at radius 3 is 2.65 bits per heavy atom. The molecule has 2 aromatic carbocycles. The molecule has 5 rings (SSSR count). The Morgan fingerprint density at radius 2 is 1.81 bits per heavy atom. The first-order valence-electron chi connectivity index (χ1n) is 11.4. The van der Waals surface area contributed by atoms with E-state index in [1.165, 1.54) is 16.8 Å². The van der Waals surface area contributed by atoms with Crippen molar-refractivity contribution in [2.75, 3.05) is 44.2 Å². The highest BCUT2D eigenvalue weighted by Crippen LogP contribution is 2.29. The average Bonchev–Trinajstić information content (AvgIpc) is 3.28. The molecule has 0 radical (unpaired) electrons. The van der Waals surface area contributed by atoms with Crippen molar-refractivity contribution in [1.29, 1.82) is 0 Å². The second-order valence-corrected chi connectivity index (χ2v) is 8.68. The fraction of sp³-hybridized carbons (Fsp3) is 0.423. The number of benzene rings is 2. The fourth-order valence-electron chi connectivity index (χ4n) is 4.96. The molecule has 5 nitrogen and oxygen atoms in total. The second-order valence-electron chi connectivity index (χ2n) is 8.68. The van der Waals surface area contributed by atoms with Crippen LogP contribution in [-0.4, -0.2) is 44.2 Å². The molecule has 1 fully saturated rings. The van der Waals surface area contributed by atoms with Gasteiger partial charge >= 0.3 is 5.63 Å². The number of piperazine rings is 1. The van der Waals surface area contributed by atoms with Crippen LogP contribution in [0.15, 0.2) is 51.7 Å². The van der Waals surface area contributed by atoms with Crippen molar-refractivity contribution >= 4 is 16.7 Å². The summed E-state index contributed by atoms with van der Waals surface area (Å²) in [7, 11) is 0. The number of fused-ring (bicyclic) bond motifs is 3. The molecular weight excluding hydrogens is 388 g/mol. The van der Waals surface area contributed by atoms with Crippen LogP contribution in [0.4, 0.5) is 5.69 Å². The van der Waals surface area contributed by atoms with Crippen LogP contribution in [0, 0.1) is 6.92 Å². The van der Waals surface area contributed by atoms with E-state index < -0.39 is 0 Å². The van der Waals surface area contributed by atoms with E-state index in [9.17, 15) is 4.79 Å². The summed E-state index contributed by atoms with van der Waals surface area (Å²) in [5.41, 5.74) is 5.21.